The summed E-state index contributed by atoms with van der Waals surface area (Å²) >= 11 is 6.04. The molecule has 0 N–H and O–H groups in total. The number of hydrogen-bond acceptors (Lipinski definition) is 3. The van der Waals surface area contributed by atoms with Crippen molar-refractivity contribution in [1.82, 2.24) is 4.98 Å². The summed E-state index contributed by atoms with van der Waals surface area (Å²) in [6.45, 7) is 1.88. The number of carbonyl (C=O) groups excluding carboxylic acids is 1. The lowest BCUT2D eigenvalue weighted by atomic mass is 10.1. The average Bonchev–Trinajstić information content (AvgIpc) is 2.15. The number of aromatic nitrogens is 1. The molecule has 94 valence electrons. The molecule has 0 bridgehead atoms. The van der Waals surface area contributed by atoms with Crippen LogP contribution in [0, 0.1) is 0 Å². The highest BCUT2D eigenvalue weighted by Gasteiger charge is 2.21. The molecule has 0 radical (unpaired) electrons. The highest BCUT2D eigenvalue weighted by molar-refractivity contribution is 9.11. The van der Waals surface area contributed by atoms with Crippen molar-refractivity contribution < 1.29 is 18.3 Å². The zero-order valence-electron chi connectivity index (χ0n) is 8.84. The summed E-state index contributed by atoms with van der Waals surface area (Å²) in [7, 11) is 0. The van der Waals surface area contributed by atoms with Gasteiger partial charge in [0.25, 0.3) is 6.43 Å². The highest BCUT2D eigenvalue weighted by Crippen LogP contribution is 2.31. The van der Waals surface area contributed by atoms with Crippen LogP contribution in [0.2, 0.25) is 0 Å². The van der Waals surface area contributed by atoms with Crippen LogP contribution < -0.4 is 0 Å². The number of halogens is 4. The van der Waals surface area contributed by atoms with Crippen molar-refractivity contribution in [3.63, 3.8) is 0 Å². The molecule has 0 aliphatic carbocycles. The SMILES string of the molecule is CCOC(=O)Cc1cc(Br)nc(Br)c1C(F)F. The van der Waals surface area contributed by atoms with Gasteiger partial charge < -0.3 is 4.74 Å². The van der Waals surface area contributed by atoms with Crippen LogP contribution in [0.3, 0.4) is 0 Å². The van der Waals surface area contributed by atoms with E-state index in [4.69, 9.17) is 4.74 Å². The van der Waals surface area contributed by atoms with Crippen molar-refractivity contribution in [3.05, 3.63) is 26.4 Å². The third kappa shape index (κ3) is 3.99. The number of alkyl halides is 2. The smallest absolute Gasteiger partial charge is 0.310 e. The summed E-state index contributed by atoms with van der Waals surface area (Å²) in [4.78, 5) is 15.1. The molecule has 0 atom stereocenters. The second-order valence-corrected chi connectivity index (χ2v) is 4.65. The summed E-state index contributed by atoms with van der Waals surface area (Å²) < 4.78 is 30.8. The number of esters is 1. The molecule has 0 fully saturated rings. The van der Waals surface area contributed by atoms with E-state index in [2.05, 4.69) is 36.8 Å². The van der Waals surface area contributed by atoms with Gasteiger partial charge in [-0.15, -0.1) is 0 Å². The third-order valence-corrected chi connectivity index (χ3v) is 2.94. The number of rotatable bonds is 4. The molecule has 0 amide bonds. The first-order valence-corrected chi connectivity index (χ1v) is 6.32. The van der Waals surface area contributed by atoms with Crippen molar-refractivity contribution >= 4 is 37.8 Å². The van der Waals surface area contributed by atoms with Gasteiger partial charge in [0.05, 0.1) is 18.6 Å². The van der Waals surface area contributed by atoms with Crippen LogP contribution >= 0.6 is 31.9 Å². The summed E-state index contributed by atoms with van der Waals surface area (Å²) in [6, 6.07) is 1.39. The second kappa shape index (κ2) is 6.39. The Morgan fingerprint density at radius 1 is 1.53 bits per heavy atom. The molecule has 0 unspecified atom stereocenters. The molecule has 0 spiro atoms. The zero-order valence-corrected chi connectivity index (χ0v) is 12.0. The van der Waals surface area contributed by atoms with Crippen LogP contribution in [0.5, 0.6) is 0 Å². The number of carbonyl (C=O) groups is 1. The van der Waals surface area contributed by atoms with Crippen molar-refractivity contribution in [2.75, 3.05) is 6.61 Å². The standard InChI is InChI=1S/C10H9Br2F2NO2/c1-2-17-7(16)4-5-3-6(11)15-9(12)8(5)10(13)14/h3,10H,2,4H2,1H3. The summed E-state index contributed by atoms with van der Waals surface area (Å²) in [5.41, 5.74) is -0.0755. The van der Waals surface area contributed by atoms with Crippen LogP contribution in [0.1, 0.15) is 24.5 Å². The predicted molar refractivity (Wildman–Crippen MR) is 64.9 cm³/mol. The minimum absolute atomic E-state index is 0.0289. The Bertz CT molecular complexity index is 427. The fourth-order valence-electron chi connectivity index (χ4n) is 1.28. The second-order valence-electron chi connectivity index (χ2n) is 3.09. The van der Waals surface area contributed by atoms with E-state index in [-0.39, 0.29) is 28.8 Å². The molecule has 0 aromatic carbocycles. The topological polar surface area (TPSA) is 39.2 Å². The monoisotopic (exact) mass is 371 g/mol. The zero-order chi connectivity index (χ0) is 13.0. The number of pyridine rings is 1. The molecule has 3 nitrogen and oxygen atoms in total. The van der Waals surface area contributed by atoms with Gasteiger partial charge in [0.2, 0.25) is 0 Å². The van der Waals surface area contributed by atoms with E-state index in [1.165, 1.54) is 6.07 Å². The molecular weight excluding hydrogens is 364 g/mol. The molecule has 0 aliphatic heterocycles. The summed E-state index contributed by atoms with van der Waals surface area (Å²) in [5, 5.41) is 0. The third-order valence-electron chi connectivity index (χ3n) is 1.92. The molecule has 1 heterocycles. The first-order valence-electron chi connectivity index (χ1n) is 4.74. The average molecular weight is 373 g/mol. The van der Waals surface area contributed by atoms with Crippen LogP contribution in [0.15, 0.2) is 15.3 Å². The van der Waals surface area contributed by atoms with Gasteiger partial charge in [-0.1, -0.05) is 0 Å². The van der Waals surface area contributed by atoms with Crippen LogP contribution in [-0.2, 0) is 16.0 Å². The largest absolute Gasteiger partial charge is 0.466 e. The van der Waals surface area contributed by atoms with Gasteiger partial charge in [-0.2, -0.15) is 0 Å². The molecule has 1 aromatic rings. The minimum Gasteiger partial charge on any atom is -0.466 e. The first kappa shape index (κ1) is 14.5. The van der Waals surface area contributed by atoms with Gasteiger partial charge in [-0.05, 0) is 50.4 Å². The quantitative estimate of drug-likeness (QED) is 0.598. The van der Waals surface area contributed by atoms with Gasteiger partial charge in [-0.3, -0.25) is 4.79 Å². The number of hydrogen-bond donors (Lipinski definition) is 0. The molecule has 17 heavy (non-hydrogen) atoms. The normalized spacial score (nSPS) is 10.7. The van der Waals surface area contributed by atoms with E-state index >= 15 is 0 Å². The van der Waals surface area contributed by atoms with E-state index in [1.54, 1.807) is 6.92 Å². The van der Waals surface area contributed by atoms with Crippen molar-refractivity contribution in [2.24, 2.45) is 0 Å². The Kier molecular flexibility index (Phi) is 5.45. The van der Waals surface area contributed by atoms with E-state index in [0.717, 1.165) is 0 Å². The Morgan fingerprint density at radius 2 is 2.18 bits per heavy atom. The first-order chi connectivity index (χ1) is 7.95. The van der Waals surface area contributed by atoms with Crippen LogP contribution in [0.4, 0.5) is 8.78 Å². The van der Waals surface area contributed by atoms with E-state index in [0.29, 0.717) is 4.60 Å². The Morgan fingerprint density at radius 3 is 2.71 bits per heavy atom. The lowest BCUT2D eigenvalue weighted by Gasteiger charge is -2.10. The van der Waals surface area contributed by atoms with Gasteiger partial charge in [0.15, 0.2) is 0 Å². The van der Waals surface area contributed by atoms with E-state index in [9.17, 15) is 13.6 Å². The molecule has 1 rings (SSSR count). The molecule has 0 aliphatic rings. The van der Waals surface area contributed by atoms with Crippen molar-refractivity contribution in [1.29, 1.82) is 0 Å². The van der Waals surface area contributed by atoms with Gasteiger partial charge in [0, 0.05) is 0 Å². The van der Waals surface area contributed by atoms with E-state index in [1.807, 2.05) is 0 Å². The van der Waals surface area contributed by atoms with Crippen molar-refractivity contribution in [2.45, 2.75) is 19.8 Å². The van der Waals surface area contributed by atoms with Crippen LogP contribution in [0.25, 0.3) is 0 Å². The molecule has 0 saturated carbocycles. The summed E-state index contributed by atoms with van der Waals surface area (Å²) in [6.07, 6.45) is -2.90. The fraction of sp³-hybridized carbons (Fsp3) is 0.400. The molecular formula is C10H9Br2F2NO2. The lowest BCUT2D eigenvalue weighted by Crippen LogP contribution is -2.10. The Labute approximate surface area is 114 Å². The molecule has 7 heteroatoms. The lowest BCUT2D eigenvalue weighted by molar-refractivity contribution is -0.142. The maximum absolute atomic E-state index is 12.8. The number of nitrogens with zero attached hydrogens (tertiary/aromatic N) is 1. The van der Waals surface area contributed by atoms with Gasteiger partial charge >= 0.3 is 5.97 Å². The minimum atomic E-state index is -2.70. The maximum Gasteiger partial charge on any atom is 0.310 e. The number of ether oxygens (including phenoxy) is 1. The van der Waals surface area contributed by atoms with E-state index < -0.39 is 12.4 Å². The Balaban J connectivity index is 3.08. The van der Waals surface area contributed by atoms with Gasteiger partial charge in [0.1, 0.15) is 9.21 Å². The maximum atomic E-state index is 12.8. The molecule has 1 aromatic heterocycles. The predicted octanol–water partition coefficient (Wildman–Crippen LogP) is 3.65. The molecule has 0 saturated heterocycles. The van der Waals surface area contributed by atoms with Crippen molar-refractivity contribution in [3.8, 4) is 0 Å². The van der Waals surface area contributed by atoms with Crippen LogP contribution in [-0.4, -0.2) is 17.6 Å². The van der Waals surface area contributed by atoms with Gasteiger partial charge in [-0.25, -0.2) is 13.8 Å². The fourth-order valence-corrected chi connectivity index (χ4v) is 2.59. The highest BCUT2D eigenvalue weighted by atomic mass is 79.9. The summed E-state index contributed by atoms with van der Waals surface area (Å²) in [5.74, 6) is -0.542. The Hall–Kier alpha value is -0.560.